The fourth-order valence-corrected chi connectivity index (χ4v) is 3.85. The van der Waals surface area contributed by atoms with Gasteiger partial charge in [-0.1, -0.05) is 44.9 Å². The number of aryl methyl sites for hydroxylation is 1. The first kappa shape index (κ1) is 20.2. The van der Waals surface area contributed by atoms with Crippen molar-refractivity contribution in [2.75, 3.05) is 0 Å². The Morgan fingerprint density at radius 1 is 0.964 bits per heavy atom. The Labute approximate surface area is 168 Å². The Morgan fingerprint density at radius 3 is 2.11 bits per heavy atom. The van der Waals surface area contributed by atoms with E-state index in [0.29, 0.717) is 29.0 Å². The first-order chi connectivity index (χ1) is 13.4. The van der Waals surface area contributed by atoms with Gasteiger partial charge in [0.1, 0.15) is 6.10 Å². The number of hydrogen-bond acceptors (Lipinski definition) is 4. The molecule has 0 aromatic heterocycles. The van der Waals surface area contributed by atoms with Crippen molar-refractivity contribution >= 4 is 17.3 Å². The first-order valence-electron chi connectivity index (χ1n) is 10.2. The van der Waals surface area contributed by atoms with Gasteiger partial charge >= 0.3 is 5.97 Å². The Balaban J connectivity index is 1.63. The summed E-state index contributed by atoms with van der Waals surface area (Å²) in [5.74, 6) is 1.33. The van der Waals surface area contributed by atoms with E-state index in [4.69, 9.17) is 4.74 Å². The van der Waals surface area contributed by atoms with E-state index in [0.717, 1.165) is 18.5 Å². The lowest BCUT2D eigenvalue weighted by atomic mass is 9.75. The molecule has 0 amide bonds. The number of carbonyl (C=O) groups is 1. The van der Waals surface area contributed by atoms with Crippen LogP contribution in [0, 0.1) is 24.7 Å². The highest BCUT2D eigenvalue weighted by Gasteiger charge is 2.33. The van der Waals surface area contributed by atoms with Crippen molar-refractivity contribution in [3.8, 4) is 0 Å². The molecule has 0 aliphatic heterocycles. The van der Waals surface area contributed by atoms with E-state index in [1.165, 1.54) is 12.0 Å². The molecule has 1 aliphatic carbocycles. The van der Waals surface area contributed by atoms with Gasteiger partial charge < -0.3 is 4.74 Å². The maximum Gasteiger partial charge on any atom is 0.338 e. The second kappa shape index (κ2) is 9.13. The van der Waals surface area contributed by atoms with Crippen LogP contribution in [0.3, 0.4) is 0 Å². The lowest BCUT2D eigenvalue weighted by Crippen LogP contribution is -2.35. The number of esters is 1. The number of rotatable bonds is 5. The average molecular weight is 379 g/mol. The number of nitrogens with zero attached hydrogens (tertiary/aromatic N) is 2. The second-order valence-corrected chi connectivity index (χ2v) is 8.35. The molecular formula is C24H30N2O2. The summed E-state index contributed by atoms with van der Waals surface area (Å²) in [5.41, 5.74) is 3.27. The van der Waals surface area contributed by atoms with Crippen molar-refractivity contribution in [1.82, 2.24) is 0 Å². The van der Waals surface area contributed by atoms with Crippen LogP contribution in [-0.2, 0) is 4.74 Å². The average Bonchev–Trinajstić information content (AvgIpc) is 2.68. The van der Waals surface area contributed by atoms with Crippen LogP contribution in [0.15, 0.2) is 58.8 Å². The standard InChI is InChI=1S/C24H30N2O2/c1-16(2)22-14-7-18(4)15-23(22)28-24(27)19-8-12-21(13-9-19)26-25-20-10-5-17(3)6-11-20/h5-6,8-13,16,18,22-23H,7,14-15H2,1-4H3/t18-,22-,23?/m0/s1. The van der Waals surface area contributed by atoms with Crippen LogP contribution < -0.4 is 0 Å². The predicted octanol–water partition coefficient (Wildman–Crippen LogP) is 7.03. The zero-order chi connectivity index (χ0) is 20.1. The van der Waals surface area contributed by atoms with Crippen LogP contribution >= 0.6 is 0 Å². The Bertz CT molecular complexity index is 810. The zero-order valence-corrected chi connectivity index (χ0v) is 17.3. The van der Waals surface area contributed by atoms with Gasteiger partial charge in [0.25, 0.3) is 0 Å². The normalized spacial score (nSPS) is 22.5. The van der Waals surface area contributed by atoms with Gasteiger partial charge in [0.05, 0.1) is 16.9 Å². The molecule has 1 fully saturated rings. The summed E-state index contributed by atoms with van der Waals surface area (Å²) in [7, 11) is 0. The summed E-state index contributed by atoms with van der Waals surface area (Å²) in [4.78, 5) is 12.6. The molecular weight excluding hydrogens is 348 g/mol. The first-order valence-corrected chi connectivity index (χ1v) is 10.2. The van der Waals surface area contributed by atoms with Crippen molar-refractivity contribution < 1.29 is 9.53 Å². The van der Waals surface area contributed by atoms with Gasteiger partial charge in [-0.05, 0) is 73.9 Å². The summed E-state index contributed by atoms with van der Waals surface area (Å²) in [6, 6.07) is 15.0. The van der Waals surface area contributed by atoms with Crippen LogP contribution in [0.1, 0.15) is 56.0 Å². The molecule has 28 heavy (non-hydrogen) atoms. The van der Waals surface area contributed by atoms with Crippen LogP contribution in [0.2, 0.25) is 0 Å². The van der Waals surface area contributed by atoms with E-state index in [-0.39, 0.29) is 12.1 Å². The van der Waals surface area contributed by atoms with Crippen LogP contribution in [0.25, 0.3) is 0 Å². The third kappa shape index (κ3) is 5.28. The molecule has 0 N–H and O–H groups in total. The fraction of sp³-hybridized carbons (Fsp3) is 0.458. The minimum absolute atomic E-state index is 0.0113. The molecule has 3 atom stereocenters. The smallest absolute Gasteiger partial charge is 0.338 e. The monoisotopic (exact) mass is 378 g/mol. The maximum atomic E-state index is 12.6. The lowest BCUT2D eigenvalue weighted by Gasteiger charge is -2.36. The lowest BCUT2D eigenvalue weighted by molar-refractivity contribution is -0.0174. The SMILES string of the molecule is Cc1ccc(N=Nc2ccc(C(=O)OC3C[C@@H](C)CC[C@H]3C(C)C)cc2)cc1. The molecule has 1 unspecified atom stereocenters. The van der Waals surface area contributed by atoms with E-state index in [1.807, 2.05) is 31.2 Å². The van der Waals surface area contributed by atoms with Gasteiger partial charge in [-0.3, -0.25) is 0 Å². The molecule has 0 saturated heterocycles. The van der Waals surface area contributed by atoms with Gasteiger partial charge in [0.2, 0.25) is 0 Å². The summed E-state index contributed by atoms with van der Waals surface area (Å²) < 4.78 is 5.91. The summed E-state index contributed by atoms with van der Waals surface area (Å²) in [6.45, 7) is 8.71. The van der Waals surface area contributed by atoms with Crippen molar-refractivity contribution in [2.24, 2.45) is 28.0 Å². The number of azo groups is 1. The van der Waals surface area contributed by atoms with Gasteiger partial charge in [-0.2, -0.15) is 10.2 Å². The molecule has 2 aromatic carbocycles. The molecule has 4 nitrogen and oxygen atoms in total. The Morgan fingerprint density at radius 2 is 1.54 bits per heavy atom. The molecule has 0 bridgehead atoms. The predicted molar refractivity (Wildman–Crippen MR) is 112 cm³/mol. The molecule has 148 valence electrons. The van der Waals surface area contributed by atoms with Gasteiger partial charge in [0, 0.05) is 0 Å². The van der Waals surface area contributed by atoms with Crippen molar-refractivity contribution in [3.63, 3.8) is 0 Å². The third-order valence-corrected chi connectivity index (χ3v) is 5.64. The summed E-state index contributed by atoms with van der Waals surface area (Å²) >= 11 is 0. The third-order valence-electron chi connectivity index (χ3n) is 5.64. The molecule has 0 spiro atoms. The minimum Gasteiger partial charge on any atom is -0.458 e. The van der Waals surface area contributed by atoms with Crippen molar-refractivity contribution in [2.45, 2.75) is 53.1 Å². The number of benzene rings is 2. The largest absolute Gasteiger partial charge is 0.458 e. The van der Waals surface area contributed by atoms with Crippen LogP contribution in [0.4, 0.5) is 11.4 Å². The molecule has 3 rings (SSSR count). The molecule has 0 heterocycles. The Hall–Kier alpha value is -2.49. The van der Waals surface area contributed by atoms with E-state index >= 15 is 0 Å². The molecule has 0 radical (unpaired) electrons. The van der Waals surface area contributed by atoms with E-state index in [9.17, 15) is 4.79 Å². The van der Waals surface area contributed by atoms with Gasteiger partial charge in [-0.25, -0.2) is 4.79 Å². The van der Waals surface area contributed by atoms with Gasteiger partial charge in [0.15, 0.2) is 0 Å². The zero-order valence-electron chi connectivity index (χ0n) is 17.3. The quantitative estimate of drug-likeness (QED) is 0.414. The van der Waals surface area contributed by atoms with E-state index in [2.05, 4.69) is 31.0 Å². The number of hydrogen-bond donors (Lipinski definition) is 0. The molecule has 1 saturated carbocycles. The van der Waals surface area contributed by atoms with Gasteiger partial charge in [-0.15, -0.1) is 0 Å². The maximum absolute atomic E-state index is 12.6. The highest BCUT2D eigenvalue weighted by Crippen LogP contribution is 2.35. The van der Waals surface area contributed by atoms with Crippen LogP contribution in [-0.4, -0.2) is 12.1 Å². The fourth-order valence-electron chi connectivity index (χ4n) is 3.85. The number of carbonyl (C=O) groups excluding carboxylic acids is 1. The minimum atomic E-state index is -0.244. The summed E-state index contributed by atoms with van der Waals surface area (Å²) in [6.07, 6.45) is 3.32. The highest BCUT2D eigenvalue weighted by atomic mass is 16.5. The van der Waals surface area contributed by atoms with E-state index < -0.39 is 0 Å². The highest BCUT2D eigenvalue weighted by molar-refractivity contribution is 5.89. The summed E-state index contributed by atoms with van der Waals surface area (Å²) in [5, 5.41) is 8.47. The van der Waals surface area contributed by atoms with Crippen LogP contribution in [0.5, 0.6) is 0 Å². The molecule has 2 aromatic rings. The molecule has 1 aliphatic rings. The van der Waals surface area contributed by atoms with Crippen molar-refractivity contribution in [1.29, 1.82) is 0 Å². The second-order valence-electron chi connectivity index (χ2n) is 8.35. The van der Waals surface area contributed by atoms with E-state index in [1.54, 1.807) is 24.3 Å². The molecule has 4 heteroatoms. The Kier molecular flexibility index (Phi) is 6.61. The van der Waals surface area contributed by atoms with Crippen molar-refractivity contribution in [3.05, 3.63) is 59.7 Å². The topological polar surface area (TPSA) is 51.0 Å². The number of ether oxygens (including phenoxy) is 1.